The number of nitrogens with two attached hydrogens (primary N) is 1. The summed E-state index contributed by atoms with van der Waals surface area (Å²) in [6.07, 6.45) is 0. The lowest BCUT2D eigenvalue weighted by atomic mass is 10.1. The zero-order chi connectivity index (χ0) is 16.8. The Kier molecular flexibility index (Phi) is 5.30. The van der Waals surface area contributed by atoms with Crippen LogP contribution in [0.15, 0.2) is 35.4 Å². The highest BCUT2D eigenvalue weighted by Gasteiger charge is 2.13. The van der Waals surface area contributed by atoms with Crippen LogP contribution in [0.25, 0.3) is 0 Å². The Bertz CT molecular complexity index is 539. The van der Waals surface area contributed by atoms with Crippen LogP contribution in [0.1, 0.15) is 16.6 Å². The maximum Gasteiger partial charge on any atom is 0.337 e. The number of phenols is 1. The quantitative estimate of drug-likeness (QED) is 0.448. The average Bonchev–Trinajstić information content (AvgIpc) is 2.39. The van der Waals surface area contributed by atoms with Gasteiger partial charge in [-0.15, -0.1) is 0 Å². The number of carbonyl (C=O) groups is 1. The molecule has 0 aromatic heterocycles. The molecule has 0 radical (unpaired) electrons. The van der Waals surface area contributed by atoms with E-state index < -0.39 is 19.1 Å². The van der Waals surface area contributed by atoms with Crippen LogP contribution in [0.4, 0.5) is 0 Å². The Labute approximate surface area is 120 Å². The minimum absolute atomic E-state index is 0.0918. The van der Waals surface area contributed by atoms with Gasteiger partial charge in [-0.05, 0) is 38.1 Å². The number of hydrogen-bond acceptors (Lipinski definition) is 6. The highest BCUT2D eigenvalue weighted by molar-refractivity contribution is 5.89. The molecular formula is C14H19NO5. The van der Waals surface area contributed by atoms with Crippen LogP contribution in [0.2, 0.25) is 0 Å². The maximum absolute atomic E-state index is 12.0. The topological polar surface area (TPSA) is 91.0 Å². The molecule has 6 heteroatoms. The van der Waals surface area contributed by atoms with Gasteiger partial charge in [-0.1, -0.05) is 5.57 Å². The second-order valence-electron chi connectivity index (χ2n) is 4.11. The largest absolute Gasteiger partial charge is 0.508 e. The number of phenolic OH excluding ortho intramolecular Hbond substituents is 1. The molecule has 0 fully saturated rings. The normalized spacial score (nSPS) is 12.2. The molecule has 1 aromatic carbocycles. The Morgan fingerprint density at radius 2 is 2.00 bits per heavy atom. The number of hydrogen-bond donors (Lipinski definition) is 2. The second-order valence-corrected chi connectivity index (χ2v) is 4.11. The molecule has 1 aromatic rings. The lowest BCUT2D eigenvalue weighted by molar-refractivity contribution is -0.141. The van der Waals surface area contributed by atoms with Crippen molar-refractivity contribution >= 4 is 5.97 Å². The van der Waals surface area contributed by atoms with E-state index in [1.807, 2.05) is 0 Å². The van der Waals surface area contributed by atoms with Crippen LogP contribution < -0.4 is 10.6 Å². The second kappa shape index (κ2) is 8.19. The first-order valence-corrected chi connectivity index (χ1v) is 5.88. The molecule has 0 saturated carbocycles. The van der Waals surface area contributed by atoms with Gasteiger partial charge in [-0.3, -0.25) is 0 Å². The van der Waals surface area contributed by atoms with Gasteiger partial charge in [0.05, 0.1) is 8.31 Å². The summed E-state index contributed by atoms with van der Waals surface area (Å²) in [5.74, 6) is 4.50. The van der Waals surface area contributed by atoms with Crippen LogP contribution in [0, 0.1) is 0 Å². The first-order valence-electron chi connectivity index (χ1n) is 6.88. The van der Waals surface area contributed by atoms with E-state index in [2.05, 4.69) is 4.84 Å². The van der Waals surface area contributed by atoms with Crippen molar-refractivity contribution in [3.05, 3.63) is 35.4 Å². The van der Waals surface area contributed by atoms with Crippen LogP contribution in [0.3, 0.4) is 0 Å². The molecule has 0 amide bonds. The van der Waals surface area contributed by atoms with E-state index in [1.54, 1.807) is 26.0 Å². The molecule has 0 atom stereocenters. The molecular weight excluding hydrogens is 262 g/mol. The summed E-state index contributed by atoms with van der Waals surface area (Å²) in [5.41, 5.74) is 0.821. The molecule has 0 bridgehead atoms. The Morgan fingerprint density at radius 3 is 2.55 bits per heavy atom. The summed E-state index contributed by atoms with van der Waals surface area (Å²) in [5, 5.41) is 9.19. The predicted octanol–water partition coefficient (Wildman–Crippen LogP) is 1.54. The molecule has 0 saturated heterocycles. The Morgan fingerprint density at radius 1 is 1.35 bits per heavy atom. The van der Waals surface area contributed by atoms with Gasteiger partial charge in [0, 0.05) is 0 Å². The highest BCUT2D eigenvalue weighted by atomic mass is 16.6. The SMILES string of the molecule is [2H]C([2H])(CON)OC(=O)C(COc1ccc(O)cc1)=C(C)C. The van der Waals surface area contributed by atoms with Crippen molar-refractivity contribution in [3.8, 4) is 11.5 Å². The average molecular weight is 283 g/mol. The summed E-state index contributed by atoms with van der Waals surface area (Å²) in [6, 6.07) is 6.00. The van der Waals surface area contributed by atoms with Gasteiger partial charge in [0.2, 0.25) is 0 Å². The first kappa shape index (κ1) is 13.0. The molecule has 0 aliphatic heterocycles. The fourth-order valence-corrected chi connectivity index (χ4v) is 1.30. The molecule has 110 valence electrons. The van der Waals surface area contributed by atoms with Gasteiger partial charge in [-0.2, -0.15) is 0 Å². The smallest absolute Gasteiger partial charge is 0.337 e. The van der Waals surface area contributed by atoms with Gasteiger partial charge in [0.1, 0.15) is 31.3 Å². The molecule has 0 spiro atoms. The van der Waals surface area contributed by atoms with Crippen molar-refractivity contribution in [1.82, 2.24) is 0 Å². The standard InChI is InChI=1S/C14H19NO5/c1-10(2)13(14(17)18-7-8-20-15)9-19-12-5-3-11(16)4-6-12/h3-6,16H,7-9,15H2,1-2H3/i7D2. The third-order valence-electron chi connectivity index (χ3n) is 2.38. The third-order valence-corrected chi connectivity index (χ3v) is 2.38. The van der Waals surface area contributed by atoms with Crippen molar-refractivity contribution in [2.45, 2.75) is 13.8 Å². The Balaban J connectivity index is 2.72. The molecule has 0 unspecified atom stereocenters. The van der Waals surface area contributed by atoms with Crippen LogP contribution in [-0.4, -0.2) is 30.8 Å². The maximum atomic E-state index is 12.0. The molecule has 0 aliphatic rings. The van der Waals surface area contributed by atoms with Gasteiger partial charge in [-0.25, -0.2) is 10.7 Å². The van der Waals surface area contributed by atoms with E-state index >= 15 is 0 Å². The van der Waals surface area contributed by atoms with Crippen molar-refractivity contribution in [1.29, 1.82) is 0 Å². The number of carbonyl (C=O) groups excluding carboxylic acids is 1. The lowest BCUT2D eigenvalue weighted by Crippen LogP contribution is -2.18. The molecule has 1 rings (SSSR count). The van der Waals surface area contributed by atoms with E-state index in [0.29, 0.717) is 11.3 Å². The van der Waals surface area contributed by atoms with Crippen molar-refractivity contribution in [2.24, 2.45) is 5.90 Å². The van der Waals surface area contributed by atoms with E-state index in [-0.39, 0.29) is 17.9 Å². The molecule has 20 heavy (non-hydrogen) atoms. The van der Waals surface area contributed by atoms with Gasteiger partial charge in [0.15, 0.2) is 0 Å². The van der Waals surface area contributed by atoms with Gasteiger partial charge >= 0.3 is 5.97 Å². The summed E-state index contributed by atoms with van der Waals surface area (Å²) >= 11 is 0. The monoisotopic (exact) mass is 283 g/mol. The lowest BCUT2D eigenvalue weighted by Gasteiger charge is -2.11. The minimum atomic E-state index is -2.33. The minimum Gasteiger partial charge on any atom is -0.508 e. The van der Waals surface area contributed by atoms with Gasteiger partial charge in [0.25, 0.3) is 0 Å². The van der Waals surface area contributed by atoms with Crippen LogP contribution >= 0.6 is 0 Å². The number of allylic oxidation sites excluding steroid dienone is 1. The number of aromatic hydroxyl groups is 1. The van der Waals surface area contributed by atoms with Crippen molar-refractivity contribution in [2.75, 3.05) is 19.8 Å². The van der Waals surface area contributed by atoms with Crippen molar-refractivity contribution in [3.63, 3.8) is 0 Å². The molecule has 3 N–H and O–H groups in total. The van der Waals surface area contributed by atoms with Crippen LogP contribution in [-0.2, 0) is 14.4 Å². The molecule has 0 aliphatic carbocycles. The Hall–Kier alpha value is -2.05. The highest BCUT2D eigenvalue weighted by Crippen LogP contribution is 2.17. The predicted molar refractivity (Wildman–Crippen MR) is 73.1 cm³/mol. The molecule has 6 nitrogen and oxygen atoms in total. The third kappa shape index (κ3) is 5.29. The number of rotatable bonds is 7. The molecule has 0 heterocycles. The van der Waals surface area contributed by atoms with Gasteiger partial charge < -0.3 is 19.4 Å². The zero-order valence-electron chi connectivity index (χ0n) is 13.4. The zero-order valence-corrected chi connectivity index (χ0v) is 11.4. The van der Waals surface area contributed by atoms with Crippen LogP contribution in [0.5, 0.6) is 11.5 Å². The van der Waals surface area contributed by atoms with E-state index in [0.717, 1.165) is 0 Å². The van der Waals surface area contributed by atoms with Crippen molar-refractivity contribution < 1.29 is 27.0 Å². The first-order chi connectivity index (χ1) is 10.2. The van der Waals surface area contributed by atoms with E-state index in [9.17, 15) is 9.90 Å². The van der Waals surface area contributed by atoms with E-state index in [4.69, 9.17) is 18.1 Å². The summed E-state index contributed by atoms with van der Waals surface area (Å²) < 4.78 is 25.0. The number of ether oxygens (including phenoxy) is 2. The summed E-state index contributed by atoms with van der Waals surface area (Å²) in [6.45, 7) is 0.377. The summed E-state index contributed by atoms with van der Waals surface area (Å²) in [7, 11) is 0. The van der Waals surface area contributed by atoms with E-state index in [1.165, 1.54) is 12.1 Å². The fraction of sp³-hybridized carbons (Fsp3) is 0.357. The number of esters is 1. The summed E-state index contributed by atoms with van der Waals surface area (Å²) in [4.78, 5) is 16.2. The fourth-order valence-electron chi connectivity index (χ4n) is 1.30. The number of benzene rings is 1.